The van der Waals surface area contributed by atoms with Gasteiger partial charge in [-0.1, -0.05) is 71.9 Å². The standard InChI is InChI=1S/C11H10N2.3C2H6/c12-10-7-4-8-13-11(10)9-5-2-1-3-6-9;3*1-2/h1-8H,12H2;3*1-2H3. The first kappa shape index (κ1) is 19.5. The number of pyridine rings is 1. The molecule has 0 bridgehead atoms. The van der Waals surface area contributed by atoms with Crippen LogP contribution in [0, 0.1) is 0 Å². The third-order valence-corrected chi connectivity index (χ3v) is 1.89. The monoisotopic (exact) mass is 260 g/mol. The first-order valence-corrected chi connectivity index (χ1v) is 7.14. The number of benzene rings is 1. The molecule has 0 aliphatic carbocycles. The molecule has 0 saturated heterocycles. The molecule has 1 heterocycles. The minimum absolute atomic E-state index is 0.716. The van der Waals surface area contributed by atoms with Crippen LogP contribution in [-0.4, -0.2) is 4.98 Å². The van der Waals surface area contributed by atoms with Crippen molar-refractivity contribution in [1.29, 1.82) is 0 Å². The van der Waals surface area contributed by atoms with Crippen molar-refractivity contribution < 1.29 is 0 Å². The third-order valence-electron chi connectivity index (χ3n) is 1.89. The molecule has 2 rings (SSSR count). The number of nitrogens with zero attached hydrogens (tertiary/aromatic N) is 1. The maximum Gasteiger partial charge on any atom is 0.0931 e. The van der Waals surface area contributed by atoms with Crippen LogP contribution in [0.5, 0.6) is 0 Å². The van der Waals surface area contributed by atoms with Crippen LogP contribution in [0.15, 0.2) is 48.7 Å². The summed E-state index contributed by atoms with van der Waals surface area (Å²) in [6.45, 7) is 12.0. The van der Waals surface area contributed by atoms with Gasteiger partial charge in [-0.3, -0.25) is 4.98 Å². The lowest BCUT2D eigenvalue weighted by molar-refractivity contribution is 1.33. The van der Waals surface area contributed by atoms with Gasteiger partial charge in [0.25, 0.3) is 0 Å². The van der Waals surface area contributed by atoms with Crippen molar-refractivity contribution in [1.82, 2.24) is 4.98 Å². The van der Waals surface area contributed by atoms with Gasteiger partial charge >= 0.3 is 0 Å². The summed E-state index contributed by atoms with van der Waals surface area (Å²) in [5, 5.41) is 0. The Morgan fingerprint density at radius 2 is 1.26 bits per heavy atom. The maximum atomic E-state index is 5.79. The number of nitrogen functional groups attached to an aromatic ring is 1. The molecule has 0 aliphatic heterocycles. The Kier molecular flexibility index (Phi) is 14.6. The fraction of sp³-hybridized carbons (Fsp3) is 0.353. The molecule has 0 atom stereocenters. The molecule has 0 spiro atoms. The Labute approximate surface area is 118 Å². The van der Waals surface area contributed by atoms with E-state index >= 15 is 0 Å². The number of hydrogen-bond donors (Lipinski definition) is 1. The highest BCUT2D eigenvalue weighted by molar-refractivity contribution is 5.71. The lowest BCUT2D eigenvalue weighted by atomic mass is 10.1. The van der Waals surface area contributed by atoms with Crippen LogP contribution in [-0.2, 0) is 0 Å². The van der Waals surface area contributed by atoms with Crippen molar-refractivity contribution in [3.63, 3.8) is 0 Å². The van der Waals surface area contributed by atoms with E-state index in [0.29, 0.717) is 5.69 Å². The Morgan fingerprint density at radius 1 is 0.737 bits per heavy atom. The molecule has 106 valence electrons. The average molecular weight is 260 g/mol. The number of hydrogen-bond acceptors (Lipinski definition) is 2. The topological polar surface area (TPSA) is 38.9 Å². The van der Waals surface area contributed by atoms with Crippen molar-refractivity contribution >= 4 is 5.69 Å². The Hall–Kier alpha value is -1.83. The van der Waals surface area contributed by atoms with Crippen LogP contribution in [0.25, 0.3) is 11.3 Å². The van der Waals surface area contributed by atoms with Gasteiger partial charge in [0.05, 0.1) is 11.4 Å². The molecule has 2 nitrogen and oxygen atoms in total. The molecule has 1 aromatic carbocycles. The van der Waals surface area contributed by atoms with Crippen molar-refractivity contribution in [2.45, 2.75) is 41.5 Å². The molecule has 0 radical (unpaired) electrons. The fourth-order valence-corrected chi connectivity index (χ4v) is 1.25. The van der Waals surface area contributed by atoms with Gasteiger partial charge in [0, 0.05) is 11.8 Å². The SMILES string of the molecule is CC.CC.CC.Nc1cccnc1-c1ccccc1. The summed E-state index contributed by atoms with van der Waals surface area (Å²) in [7, 11) is 0. The largest absolute Gasteiger partial charge is 0.397 e. The van der Waals surface area contributed by atoms with E-state index in [2.05, 4.69) is 4.98 Å². The second kappa shape index (κ2) is 14.2. The highest BCUT2D eigenvalue weighted by Gasteiger charge is 2.00. The summed E-state index contributed by atoms with van der Waals surface area (Å²) in [4.78, 5) is 4.22. The number of nitrogens with two attached hydrogens (primary N) is 1. The van der Waals surface area contributed by atoms with Crippen LogP contribution >= 0.6 is 0 Å². The highest BCUT2D eigenvalue weighted by atomic mass is 14.7. The van der Waals surface area contributed by atoms with Gasteiger partial charge < -0.3 is 5.73 Å². The van der Waals surface area contributed by atoms with Crippen molar-refractivity contribution in [2.75, 3.05) is 5.73 Å². The molecule has 2 heteroatoms. The molecule has 0 saturated carbocycles. The van der Waals surface area contributed by atoms with E-state index in [4.69, 9.17) is 5.73 Å². The Balaban J connectivity index is 0. The molecule has 2 N–H and O–H groups in total. The zero-order chi connectivity index (χ0) is 15.1. The summed E-state index contributed by atoms with van der Waals surface area (Å²) < 4.78 is 0. The summed E-state index contributed by atoms with van der Waals surface area (Å²) in [5.74, 6) is 0. The van der Waals surface area contributed by atoms with E-state index in [1.165, 1.54) is 0 Å². The number of aromatic nitrogens is 1. The van der Waals surface area contributed by atoms with Gasteiger partial charge in [0.2, 0.25) is 0 Å². The van der Waals surface area contributed by atoms with Gasteiger partial charge in [-0.05, 0) is 12.1 Å². The van der Waals surface area contributed by atoms with Crippen molar-refractivity contribution in [3.05, 3.63) is 48.7 Å². The zero-order valence-electron chi connectivity index (χ0n) is 13.1. The first-order valence-electron chi connectivity index (χ1n) is 7.14. The molecular weight excluding hydrogens is 232 g/mol. The minimum Gasteiger partial charge on any atom is -0.397 e. The highest BCUT2D eigenvalue weighted by Crippen LogP contribution is 2.21. The Bertz CT molecular complexity index is 397. The molecule has 0 amide bonds. The van der Waals surface area contributed by atoms with Crippen LogP contribution < -0.4 is 5.73 Å². The van der Waals surface area contributed by atoms with E-state index in [1.807, 2.05) is 84.0 Å². The molecule has 19 heavy (non-hydrogen) atoms. The van der Waals surface area contributed by atoms with Crippen LogP contribution in [0.4, 0.5) is 5.69 Å². The summed E-state index contributed by atoms with van der Waals surface area (Å²) in [6.07, 6.45) is 1.75. The van der Waals surface area contributed by atoms with E-state index in [0.717, 1.165) is 11.3 Å². The first-order chi connectivity index (χ1) is 9.38. The molecule has 0 unspecified atom stereocenters. The fourth-order valence-electron chi connectivity index (χ4n) is 1.25. The lowest BCUT2D eigenvalue weighted by Crippen LogP contribution is -1.91. The number of anilines is 1. The van der Waals surface area contributed by atoms with Crippen molar-refractivity contribution in [2.24, 2.45) is 0 Å². The second-order valence-electron chi connectivity index (χ2n) is 2.81. The van der Waals surface area contributed by atoms with Gasteiger partial charge in [0.15, 0.2) is 0 Å². The quantitative estimate of drug-likeness (QED) is 0.744. The normalized spacial score (nSPS) is 7.68. The molecule has 1 aromatic heterocycles. The van der Waals surface area contributed by atoms with E-state index in [9.17, 15) is 0 Å². The molecule has 0 aliphatic rings. The molecule has 0 fully saturated rings. The molecular formula is C17H28N2. The maximum absolute atomic E-state index is 5.79. The summed E-state index contributed by atoms with van der Waals surface area (Å²) in [5.41, 5.74) is 8.41. The van der Waals surface area contributed by atoms with Crippen LogP contribution in [0.1, 0.15) is 41.5 Å². The predicted molar refractivity (Wildman–Crippen MR) is 88.1 cm³/mol. The summed E-state index contributed by atoms with van der Waals surface area (Å²) >= 11 is 0. The minimum atomic E-state index is 0.716. The van der Waals surface area contributed by atoms with Gasteiger partial charge in [-0.15, -0.1) is 0 Å². The predicted octanol–water partition coefficient (Wildman–Crippen LogP) is 5.41. The molecule has 2 aromatic rings. The number of rotatable bonds is 1. The Morgan fingerprint density at radius 3 is 1.74 bits per heavy atom. The average Bonchev–Trinajstić information content (AvgIpc) is 2.54. The van der Waals surface area contributed by atoms with Gasteiger partial charge in [-0.25, -0.2) is 0 Å². The zero-order valence-corrected chi connectivity index (χ0v) is 13.1. The van der Waals surface area contributed by atoms with E-state index in [-0.39, 0.29) is 0 Å². The van der Waals surface area contributed by atoms with Crippen LogP contribution in [0.3, 0.4) is 0 Å². The smallest absolute Gasteiger partial charge is 0.0931 e. The van der Waals surface area contributed by atoms with Gasteiger partial charge in [-0.2, -0.15) is 0 Å². The van der Waals surface area contributed by atoms with Gasteiger partial charge in [0.1, 0.15) is 0 Å². The van der Waals surface area contributed by atoms with E-state index < -0.39 is 0 Å². The van der Waals surface area contributed by atoms with Crippen molar-refractivity contribution in [3.8, 4) is 11.3 Å². The second-order valence-corrected chi connectivity index (χ2v) is 2.81. The lowest BCUT2D eigenvalue weighted by Gasteiger charge is -2.02. The van der Waals surface area contributed by atoms with E-state index in [1.54, 1.807) is 6.20 Å². The third kappa shape index (κ3) is 7.24. The summed E-state index contributed by atoms with van der Waals surface area (Å²) in [6, 6.07) is 13.6. The van der Waals surface area contributed by atoms with Crippen LogP contribution in [0.2, 0.25) is 0 Å².